The first-order valence-electron chi connectivity index (χ1n) is 11.3. The third-order valence-electron chi connectivity index (χ3n) is 8.25. The summed E-state index contributed by atoms with van der Waals surface area (Å²) in [6, 6.07) is 0. The van der Waals surface area contributed by atoms with E-state index in [4.69, 9.17) is 41.0 Å². The smallest absolute Gasteiger partial charge is 0.0886 e. The molecule has 0 aromatic heterocycles. The Kier molecular flexibility index (Phi) is 10.0. The van der Waals surface area contributed by atoms with E-state index in [9.17, 15) is 0 Å². The quantitative estimate of drug-likeness (QED) is 0.174. The molecule has 0 saturated heterocycles. The number of hydrogen-bond donors (Lipinski definition) is 3. The molecule has 1 aliphatic rings. The summed E-state index contributed by atoms with van der Waals surface area (Å²) in [5.41, 5.74) is 1.48. The molecule has 0 bridgehead atoms. The van der Waals surface area contributed by atoms with Gasteiger partial charge in [-0.1, -0.05) is 73.5 Å². The predicted molar refractivity (Wildman–Crippen MR) is 153 cm³/mol. The summed E-state index contributed by atoms with van der Waals surface area (Å²) in [5.74, 6) is 0.729. The van der Waals surface area contributed by atoms with E-state index in [0.29, 0.717) is 10.5 Å². The fourth-order valence-corrected chi connectivity index (χ4v) is 8.28. The minimum atomic E-state index is -0.486. The van der Waals surface area contributed by atoms with E-state index < -0.39 is 9.96 Å². The highest BCUT2D eigenvalue weighted by Gasteiger charge is 2.55. The van der Waals surface area contributed by atoms with Crippen LogP contribution in [0.5, 0.6) is 0 Å². The van der Waals surface area contributed by atoms with Gasteiger partial charge in [-0.05, 0) is 58.1 Å². The van der Waals surface area contributed by atoms with Crippen LogP contribution in [0.3, 0.4) is 0 Å². The topological polar surface area (TPSA) is 0 Å². The van der Waals surface area contributed by atoms with E-state index in [-0.39, 0.29) is 21.5 Å². The molecule has 0 amide bonds. The maximum atomic E-state index is 7.27. The van der Waals surface area contributed by atoms with Crippen LogP contribution >= 0.6 is 49.6 Å². The van der Waals surface area contributed by atoms with Gasteiger partial charge in [0, 0.05) is 15.7 Å². The van der Waals surface area contributed by atoms with Crippen molar-refractivity contribution in [3.8, 4) is 0 Å². The first kappa shape index (κ1) is 29.3. The molecule has 0 spiro atoms. The van der Waals surface area contributed by atoms with Crippen molar-refractivity contribution in [3.05, 3.63) is 11.6 Å². The molecule has 0 aromatic rings. The Bertz CT molecular complexity index is 607. The summed E-state index contributed by atoms with van der Waals surface area (Å²) in [5, 5.41) is 0.282. The molecule has 6 unspecified atom stereocenters. The molecule has 6 heteroatoms. The summed E-state index contributed by atoms with van der Waals surface area (Å²) >= 11 is 16.6. The molecule has 0 fully saturated rings. The van der Waals surface area contributed by atoms with Crippen LogP contribution in [0.15, 0.2) is 11.6 Å². The fraction of sp³-hybridized carbons (Fsp3) is 0.917. The minimum Gasteiger partial charge on any atom is -0.183 e. The summed E-state index contributed by atoms with van der Waals surface area (Å²) < 4.78 is -0.467. The normalized spacial score (nSPS) is 34.1. The Balaban J connectivity index is 3.33. The van der Waals surface area contributed by atoms with E-state index in [0.717, 1.165) is 31.4 Å². The molecular formula is C24H44B2S4. The number of hydrogen-bond acceptors (Lipinski definition) is 4. The molecule has 170 valence electrons. The highest BCUT2D eigenvalue weighted by molar-refractivity contribution is 8.01. The van der Waals surface area contributed by atoms with Crippen molar-refractivity contribution >= 4 is 65.3 Å². The zero-order chi connectivity index (χ0) is 23.8. The van der Waals surface area contributed by atoms with Crippen LogP contribution in [-0.4, -0.2) is 41.8 Å². The Morgan fingerprint density at radius 1 is 1.23 bits per heavy atom. The van der Waals surface area contributed by atoms with Crippen molar-refractivity contribution in [3.63, 3.8) is 0 Å². The lowest BCUT2D eigenvalue weighted by Crippen LogP contribution is -2.49. The molecule has 30 heavy (non-hydrogen) atoms. The molecular weight excluding hydrogens is 438 g/mol. The van der Waals surface area contributed by atoms with Crippen LogP contribution in [0.1, 0.15) is 88.0 Å². The Morgan fingerprint density at radius 3 is 2.20 bits per heavy atom. The van der Waals surface area contributed by atoms with Crippen molar-refractivity contribution in [1.82, 2.24) is 0 Å². The minimum absolute atomic E-state index is 0.0512. The monoisotopic (exact) mass is 482 g/mol. The standard InChI is InChI=1S/C24H44B2S4/c1-10-20(4,5)21(6,7)14-24(15-27)16(2)11-12-18(19(28)23(24,9)26)30-17(3)13-22(8,25)29/h11,17-19,27-29H,10,12-15H2,1-9H3. The molecule has 1 aliphatic carbocycles. The molecule has 6 atom stereocenters. The van der Waals surface area contributed by atoms with E-state index in [1.165, 1.54) is 5.57 Å². The van der Waals surface area contributed by atoms with Crippen molar-refractivity contribution < 1.29 is 0 Å². The van der Waals surface area contributed by atoms with E-state index >= 15 is 0 Å². The van der Waals surface area contributed by atoms with Crippen LogP contribution in [0, 0.1) is 16.2 Å². The average Bonchev–Trinajstić information content (AvgIpc) is 2.65. The van der Waals surface area contributed by atoms with E-state index in [2.05, 4.69) is 74.1 Å². The molecule has 1 rings (SSSR count). The molecule has 0 aromatic carbocycles. The van der Waals surface area contributed by atoms with Crippen molar-refractivity contribution in [1.29, 1.82) is 0 Å². The van der Waals surface area contributed by atoms with Crippen molar-refractivity contribution in [2.24, 2.45) is 16.2 Å². The first-order chi connectivity index (χ1) is 13.4. The second-order valence-corrected chi connectivity index (χ2v) is 15.0. The van der Waals surface area contributed by atoms with Crippen molar-refractivity contribution in [2.75, 3.05) is 5.75 Å². The first-order valence-corrected chi connectivity index (χ1v) is 13.8. The lowest BCUT2D eigenvalue weighted by atomic mass is 9.45. The highest BCUT2D eigenvalue weighted by Crippen LogP contribution is 2.63. The van der Waals surface area contributed by atoms with Gasteiger partial charge >= 0.3 is 0 Å². The Morgan fingerprint density at radius 2 is 1.77 bits per heavy atom. The highest BCUT2D eigenvalue weighted by atomic mass is 32.2. The second-order valence-electron chi connectivity index (χ2n) is 11.4. The van der Waals surface area contributed by atoms with Gasteiger partial charge in [0.1, 0.15) is 0 Å². The molecule has 0 aliphatic heterocycles. The van der Waals surface area contributed by atoms with Crippen molar-refractivity contribution in [2.45, 2.75) is 114 Å². The van der Waals surface area contributed by atoms with Crippen LogP contribution in [0.4, 0.5) is 0 Å². The van der Waals surface area contributed by atoms with Crippen LogP contribution in [-0.2, 0) is 0 Å². The van der Waals surface area contributed by atoms with Gasteiger partial charge in [-0.15, -0.1) is 0 Å². The summed E-state index contributed by atoms with van der Waals surface area (Å²) in [6.07, 6.45) is 6.37. The summed E-state index contributed by atoms with van der Waals surface area (Å²) in [7, 11) is 13.4. The Labute approximate surface area is 211 Å². The van der Waals surface area contributed by atoms with E-state index in [1.54, 1.807) is 0 Å². The average molecular weight is 483 g/mol. The number of thioether (sulfide) groups is 1. The van der Waals surface area contributed by atoms with Gasteiger partial charge in [-0.2, -0.15) is 49.6 Å². The molecule has 0 saturated carbocycles. The van der Waals surface area contributed by atoms with Gasteiger partial charge in [0.05, 0.1) is 15.7 Å². The maximum absolute atomic E-state index is 7.27. The predicted octanol–water partition coefficient (Wildman–Crippen LogP) is 7.45. The van der Waals surface area contributed by atoms with Crippen LogP contribution < -0.4 is 0 Å². The van der Waals surface area contributed by atoms with Crippen LogP contribution in [0.2, 0.25) is 5.31 Å². The SMILES string of the molecule is [B]C(C)(S)CC(C)SC1CC=C(C)C(CS)(CC(C)(C)C(C)(C)CC)C([B])(C)C1S. The van der Waals surface area contributed by atoms with E-state index in [1.807, 2.05) is 18.7 Å². The zero-order valence-corrected chi connectivity index (χ0v) is 24.2. The van der Waals surface area contributed by atoms with Crippen LogP contribution in [0.25, 0.3) is 0 Å². The molecule has 0 N–H and O–H groups in total. The third kappa shape index (κ3) is 6.23. The number of rotatable bonds is 9. The largest absolute Gasteiger partial charge is 0.183 e. The number of thiol groups is 3. The molecule has 4 radical (unpaired) electrons. The van der Waals surface area contributed by atoms with Gasteiger partial charge in [0.2, 0.25) is 0 Å². The maximum Gasteiger partial charge on any atom is 0.0886 e. The number of allylic oxidation sites excluding steroid dienone is 2. The lowest BCUT2D eigenvalue weighted by Gasteiger charge is -2.56. The third-order valence-corrected chi connectivity index (χ3v) is 11.5. The van der Waals surface area contributed by atoms with Gasteiger partial charge in [-0.3, -0.25) is 0 Å². The zero-order valence-electron chi connectivity index (χ0n) is 20.7. The van der Waals surface area contributed by atoms with Gasteiger partial charge in [0.15, 0.2) is 0 Å². The summed E-state index contributed by atoms with van der Waals surface area (Å²) in [4.78, 5) is 0. The summed E-state index contributed by atoms with van der Waals surface area (Å²) in [6.45, 7) is 20.5. The lowest BCUT2D eigenvalue weighted by molar-refractivity contribution is 0.0420. The van der Waals surface area contributed by atoms with Gasteiger partial charge in [-0.25, -0.2) is 0 Å². The molecule has 0 nitrogen and oxygen atoms in total. The second kappa shape index (κ2) is 10.3. The Hall–Kier alpha value is 1.27. The van der Waals surface area contributed by atoms with Gasteiger partial charge < -0.3 is 0 Å². The molecule has 0 heterocycles. The fourth-order valence-electron chi connectivity index (χ4n) is 4.92. The van der Waals surface area contributed by atoms with Gasteiger partial charge in [0.25, 0.3) is 0 Å².